The van der Waals surface area contributed by atoms with E-state index in [0.29, 0.717) is 36.0 Å². The van der Waals surface area contributed by atoms with Crippen LogP contribution in [0.15, 0.2) is 24.3 Å². The van der Waals surface area contributed by atoms with Gasteiger partial charge in [-0.25, -0.2) is 0 Å². The van der Waals surface area contributed by atoms with Gasteiger partial charge in [-0.05, 0) is 112 Å². The first-order valence-electron chi connectivity index (χ1n) is 16.4. The number of ether oxygens (including phenoxy) is 1. The smallest absolute Gasteiger partial charge is 0.416 e. The Morgan fingerprint density at radius 2 is 1.81 bits per heavy atom. The number of rotatable bonds is 7. The van der Waals surface area contributed by atoms with E-state index in [9.17, 15) is 18.0 Å². The lowest BCUT2D eigenvalue weighted by Gasteiger charge is -2.58. The summed E-state index contributed by atoms with van der Waals surface area (Å²) < 4.78 is 46.1. The van der Waals surface area contributed by atoms with E-state index >= 15 is 0 Å². The Bertz CT molecular complexity index is 1190. The zero-order valence-corrected chi connectivity index (χ0v) is 27.5. The zero-order chi connectivity index (χ0) is 30.6. The van der Waals surface area contributed by atoms with Crippen molar-refractivity contribution in [3.8, 4) is 0 Å². The number of thiocarbonyl (C=S) groups is 1. The first-order chi connectivity index (χ1) is 20.4. The molecule has 3 heterocycles. The van der Waals surface area contributed by atoms with Crippen LogP contribution < -0.4 is 0 Å². The van der Waals surface area contributed by atoms with Crippen molar-refractivity contribution in [2.24, 2.45) is 28.6 Å². The predicted molar refractivity (Wildman–Crippen MR) is 170 cm³/mol. The lowest BCUT2D eigenvalue weighted by molar-refractivity contribution is -0.157. The Kier molecular flexibility index (Phi) is 8.93. The van der Waals surface area contributed by atoms with E-state index in [0.717, 1.165) is 54.2 Å². The van der Waals surface area contributed by atoms with Crippen molar-refractivity contribution in [1.82, 2.24) is 9.80 Å². The number of benzene rings is 1. The molecular weight excluding hydrogens is 590 g/mol. The number of alkyl halides is 3. The van der Waals surface area contributed by atoms with Gasteiger partial charge in [0.25, 0.3) is 0 Å². The number of fused-ring (bicyclic) bond motifs is 2. The SMILES string of the molecule is CC1(C)[C@@H]2CC[C@@]1(C)[C@H](OC(=O)CCC[C@@H]1[C@H]3CCCN4CCC[C@@H](CN1C(=S)SCc1ccc(C(F)(F)F)cc1)[C@@H]34)C2. The second-order valence-electron chi connectivity index (χ2n) is 14.7. The van der Waals surface area contributed by atoms with Gasteiger partial charge in [0.15, 0.2) is 0 Å². The summed E-state index contributed by atoms with van der Waals surface area (Å²) in [4.78, 5) is 18.3. The standard InChI is InChI=1S/C34H47F3N2O2S2/c1-32(2)25-15-16-33(32,3)28(19-25)41-29(40)10-4-9-27-26-8-6-18-38-17-5-7-23(30(26)38)20-39(27)31(42)43-21-22-11-13-24(14-12-22)34(35,36)37/h11-14,23,25-28,30H,4-10,15-21H2,1-3H3/t23-,25+,26+,27+,28+,30-,33-/m0/s1. The fourth-order valence-corrected chi connectivity index (χ4v) is 10.8. The quantitative estimate of drug-likeness (QED) is 0.221. The highest BCUT2D eigenvalue weighted by molar-refractivity contribution is 8.22. The van der Waals surface area contributed by atoms with Crippen molar-refractivity contribution in [3.63, 3.8) is 0 Å². The summed E-state index contributed by atoms with van der Waals surface area (Å²) in [6.07, 6.45) is 6.05. The molecule has 4 nitrogen and oxygen atoms in total. The molecule has 5 aliphatic rings. The predicted octanol–water partition coefficient (Wildman–Crippen LogP) is 8.33. The molecule has 3 aliphatic heterocycles. The first-order valence-corrected chi connectivity index (χ1v) is 17.8. The van der Waals surface area contributed by atoms with E-state index in [1.807, 2.05) is 0 Å². The van der Waals surface area contributed by atoms with Crippen LogP contribution in [0.3, 0.4) is 0 Å². The highest BCUT2D eigenvalue weighted by atomic mass is 32.2. The van der Waals surface area contributed by atoms with Crippen molar-refractivity contribution in [2.45, 2.75) is 115 Å². The number of hydrogen-bond acceptors (Lipinski definition) is 5. The topological polar surface area (TPSA) is 32.8 Å². The summed E-state index contributed by atoms with van der Waals surface area (Å²) in [5.74, 6) is 2.25. The molecule has 2 aliphatic carbocycles. The van der Waals surface area contributed by atoms with E-state index in [2.05, 4.69) is 30.6 Å². The lowest BCUT2D eigenvalue weighted by atomic mass is 9.69. The molecule has 7 atom stereocenters. The third kappa shape index (κ3) is 6.00. The molecule has 1 aromatic carbocycles. The maximum atomic E-state index is 13.1. The zero-order valence-electron chi connectivity index (χ0n) is 25.8. The molecule has 2 saturated carbocycles. The Balaban J connectivity index is 1.10. The van der Waals surface area contributed by atoms with Crippen LogP contribution in [0.1, 0.15) is 96.1 Å². The average Bonchev–Trinajstić information content (AvgIpc) is 3.30. The number of esters is 1. The van der Waals surface area contributed by atoms with Crippen molar-refractivity contribution in [1.29, 1.82) is 0 Å². The number of piperidine rings is 3. The van der Waals surface area contributed by atoms with Crippen LogP contribution in [-0.4, -0.2) is 57.9 Å². The van der Waals surface area contributed by atoms with Gasteiger partial charge in [-0.15, -0.1) is 0 Å². The molecule has 238 valence electrons. The molecule has 9 heteroatoms. The molecule has 43 heavy (non-hydrogen) atoms. The summed E-state index contributed by atoms with van der Waals surface area (Å²) in [5.41, 5.74) is 0.513. The average molecular weight is 637 g/mol. The summed E-state index contributed by atoms with van der Waals surface area (Å²) in [7, 11) is 0. The molecule has 3 saturated heterocycles. The van der Waals surface area contributed by atoms with Crippen molar-refractivity contribution in [2.75, 3.05) is 19.6 Å². The van der Waals surface area contributed by atoms with E-state index in [1.54, 1.807) is 23.9 Å². The van der Waals surface area contributed by atoms with E-state index < -0.39 is 11.7 Å². The Labute approximate surface area is 264 Å². The number of halogens is 3. The third-order valence-electron chi connectivity index (χ3n) is 12.4. The Hall–Kier alpha value is -1.32. The van der Waals surface area contributed by atoms with Gasteiger partial charge < -0.3 is 9.64 Å². The van der Waals surface area contributed by atoms with Gasteiger partial charge >= 0.3 is 12.1 Å². The summed E-state index contributed by atoms with van der Waals surface area (Å²) in [5, 5.41) is 0. The third-order valence-corrected chi connectivity index (χ3v) is 14.0. The number of carbonyl (C=O) groups excluding carboxylic acids is 1. The summed E-state index contributed by atoms with van der Waals surface area (Å²) in [6.45, 7) is 10.3. The number of nitrogens with zero attached hydrogens (tertiary/aromatic N) is 2. The number of likely N-dealkylation sites (tertiary alicyclic amines) is 1. The van der Waals surface area contributed by atoms with Crippen LogP contribution in [0.2, 0.25) is 0 Å². The number of thioether (sulfide) groups is 1. The van der Waals surface area contributed by atoms with Gasteiger partial charge in [0.05, 0.1) is 5.56 Å². The van der Waals surface area contributed by atoms with Gasteiger partial charge in [-0.3, -0.25) is 9.69 Å². The van der Waals surface area contributed by atoms with Gasteiger partial charge in [-0.1, -0.05) is 56.9 Å². The van der Waals surface area contributed by atoms with Crippen LogP contribution in [0.25, 0.3) is 0 Å². The van der Waals surface area contributed by atoms with Crippen LogP contribution >= 0.6 is 24.0 Å². The molecule has 0 aromatic heterocycles. The second-order valence-corrected chi connectivity index (χ2v) is 16.3. The minimum atomic E-state index is -4.33. The molecule has 5 fully saturated rings. The first kappa shape index (κ1) is 31.7. The van der Waals surface area contributed by atoms with E-state index in [-0.39, 0.29) is 28.9 Å². The highest BCUT2D eigenvalue weighted by Gasteiger charge is 2.62. The number of hydrogen-bond donors (Lipinski definition) is 0. The summed E-state index contributed by atoms with van der Waals surface area (Å²) >= 11 is 7.60. The monoisotopic (exact) mass is 636 g/mol. The normalized spacial score (nSPS) is 35.1. The van der Waals surface area contributed by atoms with Gasteiger partial charge in [0.1, 0.15) is 10.4 Å². The molecule has 0 unspecified atom stereocenters. The van der Waals surface area contributed by atoms with Crippen LogP contribution in [-0.2, 0) is 21.5 Å². The highest BCUT2D eigenvalue weighted by Crippen LogP contribution is 2.66. The molecule has 0 amide bonds. The minimum absolute atomic E-state index is 0.0315. The molecular formula is C34H47F3N2O2S2. The lowest BCUT2D eigenvalue weighted by Crippen LogP contribution is -2.65. The van der Waals surface area contributed by atoms with E-state index in [4.69, 9.17) is 17.0 Å². The molecule has 1 aromatic rings. The maximum absolute atomic E-state index is 13.1. The second kappa shape index (κ2) is 12.1. The van der Waals surface area contributed by atoms with Gasteiger partial charge in [-0.2, -0.15) is 13.2 Å². The van der Waals surface area contributed by atoms with Gasteiger partial charge in [0.2, 0.25) is 0 Å². The van der Waals surface area contributed by atoms with Crippen molar-refractivity contribution >= 4 is 34.3 Å². The summed E-state index contributed by atoms with van der Waals surface area (Å²) in [6, 6.07) is 6.31. The molecule has 0 spiro atoms. The van der Waals surface area contributed by atoms with Crippen molar-refractivity contribution < 1.29 is 22.7 Å². The van der Waals surface area contributed by atoms with Gasteiger partial charge in [0, 0.05) is 36.2 Å². The van der Waals surface area contributed by atoms with Crippen LogP contribution in [0, 0.1) is 28.6 Å². The fourth-order valence-electron chi connectivity index (χ4n) is 9.57. The Morgan fingerprint density at radius 1 is 1.09 bits per heavy atom. The maximum Gasteiger partial charge on any atom is 0.416 e. The van der Waals surface area contributed by atoms with Crippen LogP contribution in [0.4, 0.5) is 13.2 Å². The minimum Gasteiger partial charge on any atom is -0.462 e. The molecule has 0 radical (unpaired) electrons. The molecule has 6 rings (SSSR count). The van der Waals surface area contributed by atoms with E-state index in [1.165, 1.54) is 45.2 Å². The number of carbonyl (C=O) groups is 1. The molecule has 2 bridgehead atoms. The largest absolute Gasteiger partial charge is 0.462 e. The fraction of sp³-hybridized carbons (Fsp3) is 0.765. The van der Waals surface area contributed by atoms with Crippen molar-refractivity contribution in [3.05, 3.63) is 35.4 Å². The Morgan fingerprint density at radius 3 is 2.47 bits per heavy atom. The van der Waals surface area contributed by atoms with Crippen LogP contribution in [0.5, 0.6) is 0 Å². The molecule has 0 N–H and O–H groups in total.